The number of aryl methyl sites for hydroxylation is 1. The molecule has 3 aromatic heterocycles. The first kappa shape index (κ1) is 21.0. The number of nitrogens with one attached hydrogen (secondary N) is 1. The number of carbonyl (C=O) groups is 2. The molecule has 0 spiro atoms. The van der Waals surface area contributed by atoms with E-state index in [9.17, 15) is 9.59 Å². The normalized spacial score (nSPS) is 10.8. The van der Waals surface area contributed by atoms with Crippen LogP contribution in [0.25, 0.3) is 11.3 Å². The number of aromatic nitrogens is 3. The molecule has 1 aromatic carbocycles. The number of ketones is 1. The summed E-state index contributed by atoms with van der Waals surface area (Å²) in [5, 5.41) is 7.72. The molecule has 1 N–H and O–H groups in total. The molecule has 7 nitrogen and oxygen atoms in total. The molecule has 156 valence electrons. The highest BCUT2D eigenvalue weighted by Crippen LogP contribution is 2.32. The van der Waals surface area contributed by atoms with E-state index in [0.29, 0.717) is 32.0 Å². The number of thiazole rings is 1. The van der Waals surface area contributed by atoms with Gasteiger partial charge >= 0.3 is 0 Å². The van der Waals surface area contributed by atoms with Gasteiger partial charge in [0, 0.05) is 30.5 Å². The number of benzene rings is 1. The van der Waals surface area contributed by atoms with Crippen LogP contribution in [0.4, 0.5) is 5.13 Å². The Hall–Kier alpha value is -3.30. The SMILES string of the molecule is CC(=O)c1sc(NC(=O)c2cccnc2SCc2cc(C)on2)nc1-c1ccccc1. The zero-order valence-corrected chi connectivity index (χ0v) is 18.4. The number of carbonyl (C=O) groups excluding carboxylic acids is 2. The minimum absolute atomic E-state index is 0.0996. The lowest BCUT2D eigenvalue weighted by Gasteiger charge is -2.06. The van der Waals surface area contributed by atoms with Gasteiger partial charge in [-0.2, -0.15) is 0 Å². The van der Waals surface area contributed by atoms with E-state index in [0.717, 1.165) is 28.4 Å². The van der Waals surface area contributed by atoms with E-state index in [-0.39, 0.29) is 11.7 Å². The van der Waals surface area contributed by atoms with Crippen LogP contribution in [0.5, 0.6) is 0 Å². The van der Waals surface area contributed by atoms with Crippen molar-refractivity contribution in [3.63, 3.8) is 0 Å². The summed E-state index contributed by atoms with van der Waals surface area (Å²) in [5.74, 6) is 0.819. The second-order valence-corrected chi connectivity index (χ2v) is 8.61. The first-order chi connectivity index (χ1) is 15.0. The monoisotopic (exact) mass is 450 g/mol. The van der Waals surface area contributed by atoms with E-state index in [4.69, 9.17) is 4.52 Å². The number of pyridine rings is 1. The van der Waals surface area contributed by atoms with Gasteiger partial charge < -0.3 is 4.52 Å². The molecule has 4 rings (SSSR count). The van der Waals surface area contributed by atoms with Crippen molar-refractivity contribution in [3.8, 4) is 11.3 Å². The fourth-order valence-corrected chi connectivity index (χ4v) is 4.63. The second kappa shape index (κ2) is 9.23. The summed E-state index contributed by atoms with van der Waals surface area (Å²) >= 11 is 2.56. The lowest BCUT2D eigenvalue weighted by molar-refractivity contribution is 0.101. The maximum absolute atomic E-state index is 13.0. The van der Waals surface area contributed by atoms with E-state index in [2.05, 4.69) is 20.4 Å². The number of hydrogen-bond acceptors (Lipinski definition) is 8. The second-order valence-electron chi connectivity index (χ2n) is 6.65. The number of nitrogens with zero attached hydrogens (tertiary/aromatic N) is 3. The summed E-state index contributed by atoms with van der Waals surface area (Å²) < 4.78 is 5.08. The van der Waals surface area contributed by atoms with Crippen molar-refractivity contribution < 1.29 is 14.1 Å². The van der Waals surface area contributed by atoms with Crippen molar-refractivity contribution in [1.29, 1.82) is 0 Å². The lowest BCUT2D eigenvalue weighted by atomic mass is 10.1. The fourth-order valence-electron chi connectivity index (χ4n) is 2.88. The standard InChI is InChI=1S/C22H18N4O3S2/c1-13-11-16(26-29-13)12-30-21-17(9-6-10-23-21)20(28)25-22-24-18(19(31-22)14(2)27)15-7-4-3-5-8-15/h3-11H,12H2,1-2H3,(H,24,25,28). The summed E-state index contributed by atoms with van der Waals surface area (Å²) in [4.78, 5) is 34.4. The van der Waals surface area contributed by atoms with E-state index in [1.165, 1.54) is 18.7 Å². The Bertz CT molecular complexity index is 1230. The molecule has 0 aliphatic carbocycles. The van der Waals surface area contributed by atoms with Gasteiger partial charge in [-0.3, -0.25) is 14.9 Å². The van der Waals surface area contributed by atoms with E-state index in [1.54, 1.807) is 18.3 Å². The first-order valence-electron chi connectivity index (χ1n) is 9.40. The number of Topliss-reactive ketones (excluding diaryl/α,β-unsaturated/α-hetero) is 1. The Kier molecular flexibility index (Phi) is 6.24. The Morgan fingerprint density at radius 3 is 2.68 bits per heavy atom. The molecule has 4 aromatic rings. The van der Waals surface area contributed by atoms with Crippen LogP contribution in [0.3, 0.4) is 0 Å². The van der Waals surface area contributed by atoms with Crippen LogP contribution in [0.1, 0.15) is 38.4 Å². The van der Waals surface area contributed by atoms with Gasteiger partial charge in [-0.25, -0.2) is 9.97 Å². The topological polar surface area (TPSA) is 98.0 Å². The Balaban J connectivity index is 1.55. The molecule has 0 saturated carbocycles. The predicted octanol–water partition coefficient (Wildman–Crippen LogP) is 5.25. The number of amides is 1. The van der Waals surface area contributed by atoms with Gasteiger partial charge in [0.1, 0.15) is 10.8 Å². The smallest absolute Gasteiger partial charge is 0.260 e. The third-order valence-corrected chi connectivity index (χ3v) is 6.37. The molecule has 0 fully saturated rings. The van der Waals surface area contributed by atoms with Crippen molar-refractivity contribution in [2.75, 3.05) is 5.32 Å². The fraction of sp³-hybridized carbons (Fsp3) is 0.136. The highest BCUT2D eigenvalue weighted by atomic mass is 32.2. The Morgan fingerprint density at radius 1 is 1.16 bits per heavy atom. The van der Waals surface area contributed by atoms with Crippen molar-refractivity contribution >= 4 is 39.9 Å². The predicted molar refractivity (Wildman–Crippen MR) is 121 cm³/mol. The van der Waals surface area contributed by atoms with Crippen LogP contribution in [0.2, 0.25) is 0 Å². The molecule has 0 aliphatic heterocycles. The number of rotatable bonds is 7. The van der Waals surface area contributed by atoms with Crippen LogP contribution in [0, 0.1) is 6.92 Å². The van der Waals surface area contributed by atoms with Gasteiger partial charge in [0.25, 0.3) is 5.91 Å². The van der Waals surface area contributed by atoms with Crippen LogP contribution in [-0.4, -0.2) is 26.8 Å². The van der Waals surface area contributed by atoms with E-state index in [1.807, 2.05) is 43.3 Å². The van der Waals surface area contributed by atoms with Gasteiger partial charge in [0.15, 0.2) is 10.9 Å². The van der Waals surface area contributed by atoms with Crippen LogP contribution >= 0.6 is 23.1 Å². The maximum Gasteiger partial charge on any atom is 0.260 e. The molecule has 0 radical (unpaired) electrons. The van der Waals surface area contributed by atoms with Gasteiger partial charge in [0.05, 0.1) is 21.8 Å². The number of hydrogen-bond donors (Lipinski definition) is 1. The van der Waals surface area contributed by atoms with Gasteiger partial charge in [0.2, 0.25) is 0 Å². The van der Waals surface area contributed by atoms with Crippen molar-refractivity contribution in [2.45, 2.75) is 24.6 Å². The van der Waals surface area contributed by atoms with Gasteiger partial charge in [-0.1, -0.05) is 58.6 Å². The average Bonchev–Trinajstić information content (AvgIpc) is 3.39. The molecule has 0 unspecified atom stereocenters. The zero-order valence-electron chi connectivity index (χ0n) is 16.8. The summed E-state index contributed by atoms with van der Waals surface area (Å²) in [6, 6.07) is 14.7. The van der Waals surface area contributed by atoms with E-state index >= 15 is 0 Å². The third kappa shape index (κ3) is 4.89. The quantitative estimate of drug-likeness (QED) is 0.303. The third-order valence-electron chi connectivity index (χ3n) is 4.26. The lowest BCUT2D eigenvalue weighted by Crippen LogP contribution is -2.13. The molecule has 0 bridgehead atoms. The van der Waals surface area contributed by atoms with Crippen LogP contribution in [-0.2, 0) is 5.75 Å². The van der Waals surface area contributed by atoms with Crippen molar-refractivity contribution in [2.24, 2.45) is 0 Å². The largest absolute Gasteiger partial charge is 0.361 e. The van der Waals surface area contributed by atoms with Crippen LogP contribution < -0.4 is 5.32 Å². The summed E-state index contributed by atoms with van der Waals surface area (Å²) in [7, 11) is 0. The zero-order chi connectivity index (χ0) is 21.8. The number of anilines is 1. The summed E-state index contributed by atoms with van der Waals surface area (Å²) in [6.45, 7) is 3.32. The van der Waals surface area contributed by atoms with E-state index < -0.39 is 0 Å². The Labute approximate surface area is 186 Å². The Morgan fingerprint density at radius 2 is 1.97 bits per heavy atom. The summed E-state index contributed by atoms with van der Waals surface area (Å²) in [5.41, 5.74) is 2.59. The van der Waals surface area contributed by atoms with Crippen molar-refractivity contribution in [3.05, 3.63) is 76.6 Å². The molecule has 9 heteroatoms. The first-order valence-corrected chi connectivity index (χ1v) is 11.2. The average molecular weight is 451 g/mol. The molecule has 0 atom stereocenters. The molecular formula is C22H18N4O3S2. The van der Waals surface area contributed by atoms with Gasteiger partial charge in [-0.05, 0) is 19.1 Å². The maximum atomic E-state index is 13.0. The molecule has 0 saturated heterocycles. The number of thioether (sulfide) groups is 1. The minimum Gasteiger partial charge on any atom is -0.361 e. The highest BCUT2D eigenvalue weighted by Gasteiger charge is 2.20. The minimum atomic E-state index is -0.338. The van der Waals surface area contributed by atoms with Gasteiger partial charge in [-0.15, -0.1) is 0 Å². The van der Waals surface area contributed by atoms with Crippen LogP contribution in [0.15, 0.2) is 64.3 Å². The molecule has 3 heterocycles. The molecule has 1 amide bonds. The molecule has 31 heavy (non-hydrogen) atoms. The summed E-state index contributed by atoms with van der Waals surface area (Å²) in [6.07, 6.45) is 1.64. The van der Waals surface area contributed by atoms with Crippen molar-refractivity contribution in [1.82, 2.24) is 15.1 Å². The highest BCUT2D eigenvalue weighted by molar-refractivity contribution is 7.98. The molecular weight excluding hydrogens is 432 g/mol. The molecule has 0 aliphatic rings.